The summed E-state index contributed by atoms with van der Waals surface area (Å²) in [4.78, 5) is 0.993. The Morgan fingerprint density at radius 3 is 2.79 bits per heavy atom. The van der Waals surface area contributed by atoms with Crippen LogP contribution in [0.5, 0.6) is 5.06 Å². The van der Waals surface area contributed by atoms with E-state index in [4.69, 9.17) is 10.5 Å². The number of hydrogen-bond acceptors (Lipinski definition) is 3. The Kier molecular flexibility index (Phi) is 3.56. The third-order valence-electron chi connectivity index (χ3n) is 1.99. The summed E-state index contributed by atoms with van der Waals surface area (Å²) in [6.07, 6.45) is 0.850. The Labute approximate surface area is 89.1 Å². The first-order chi connectivity index (χ1) is 6.57. The molecular weight excluding hydrogens is 194 g/mol. The SMILES string of the molecule is CCC(C)(N)C#Cc1ccc(OC)s1. The van der Waals surface area contributed by atoms with Gasteiger partial charge in [0.2, 0.25) is 0 Å². The van der Waals surface area contributed by atoms with Gasteiger partial charge in [0.15, 0.2) is 5.06 Å². The molecule has 2 nitrogen and oxygen atoms in total. The number of thiophene rings is 1. The topological polar surface area (TPSA) is 35.2 Å². The van der Waals surface area contributed by atoms with Crippen LogP contribution in [0.25, 0.3) is 0 Å². The zero-order chi connectivity index (χ0) is 10.6. The van der Waals surface area contributed by atoms with Gasteiger partial charge in [0, 0.05) is 0 Å². The fraction of sp³-hybridized carbons (Fsp3) is 0.455. The average molecular weight is 209 g/mol. The van der Waals surface area contributed by atoms with Gasteiger partial charge < -0.3 is 10.5 Å². The Morgan fingerprint density at radius 2 is 2.29 bits per heavy atom. The molecule has 0 aliphatic carbocycles. The van der Waals surface area contributed by atoms with E-state index in [0.717, 1.165) is 16.4 Å². The number of nitrogens with two attached hydrogens (primary N) is 1. The minimum Gasteiger partial charge on any atom is -0.487 e. The Hall–Kier alpha value is -0.980. The lowest BCUT2D eigenvalue weighted by atomic mass is 10.0. The Morgan fingerprint density at radius 1 is 1.57 bits per heavy atom. The lowest BCUT2D eigenvalue weighted by molar-refractivity contribution is 0.427. The first-order valence-corrected chi connectivity index (χ1v) is 5.35. The molecule has 14 heavy (non-hydrogen) atoms. The monoisotopic (exact) mass is 209 g/mol. The van der Waals surface area contributed by atoms with Crippen molar-refractivity contribution in [3.8, 4) is 16.9 Å². The fourth-order valence-electron chi connectivity index (χ4n) is 0.790. The zero-order valence-electron chi connectivity index (χ0n) is 8.76. The minimum absolute atomic E-state index is 0.392. The summed E-state index contributed by atoms with van der Waals surface area (Å²) in [5.41, 5.74) is 5.51. The molecular formula is C11H15NOS. The van der Waals surface area contributed by atoms with Gasteiger partial charge in [0.25, 0.3) is 0 Å². The van der Waals surface area contributed by atoms with Crippen molar-refractivity contribution in [1.29, 1.82) is 0 Å². The van der Waals surface area contributed by atoms with Crippen LogP contribution in [0, 0.1) is 11.8 Å². The van der Waals surface area contributed by atoms with Crippen molar-refractivity contribution in [2.45, 2.75) is 25.8 Å². The van der Waals surface area contributed by atoms with Gasteiger partial charge in [-0.2, -0.15) is 0 Å². The third kappa shape index (κ3) is 3.06. The highest BCUT2D eigenvalue weighted by Crippen LogP contribution is 2.22. The second kappa shape index (κ2) is 4.50. The molecule has 3 heteroatoms. The second-order valence-corrected chi connectivity index (χ2v) is 4.39. The molecule has 0 aliphatic heterocycles. The van der Waals surface area contributed by atoms with Crippen LogP contribution >= 0.6 is 11.3 Å². The highest BCUT2D eigenvalue weighted by Gasteiger charge is 2.10. The van der Waals surface area contributed by atoms with Crippen LogP contribution in [-0.4, -0.2) is 12.6 Å². The van der Waals surface area contributed by atoms with E-state index in [0.29, 0.717) is 0 Å². The molecule has 76 valence electrons. The van der Waals surface area contributed by atoms with Gasteiger partial charge in [-0.3, -0.25) is 0 Å². The molecule has 1 aromatic rings. The zero-order valence-corrected chi connectivity index (χ0v) is 9.57. The van der Waals surface area contributed by atoms with Gasteiger partial charge in [0.1, 0.15) is 0 Å². The van der Waals surface area contributed by atoms with Crippen molar-refractivity contribution in [1.82, 2.24) is 0 Å². The number of methoxy groups -OCH3 is 1. The highest BCUT2D eigenvalue weighted by molar-refractivity contribution is 7.14. The Balaban J connectivity index is 2.77. The first-order valence-electron chi connectivity index (χ1n) is 4.53. The van der Waals surface area contributed by atoms with Gasteiger partial charge >= 0.3 is 0 Å². The lowest BCUT2D eigenvalue weighted by Crippen LogP contribution is -2.32. The summed E-state index contributed by atoms with van der Waals surface area (Å²) >= 11 is 1.53. The van der Waals surface area contributed by atoms with Crippen molar-refractivity contribution < 1.29 is 4.74 Å². The number of rotatable bonds is 2. The predicted molar refractivity (Wildman–Crippen MR) is 60.6 cm³/mol. The summed E-state index contributed by atoms with van der Waals surface area (Å²) in [5, 5.41) is 0.879. The number of hydrogen-bond donors (Lipinski definition) is 1. The molecule has 0 saturated carbocycles. The van der Waals surface area contributed by atoms with Crippen LogP contribution in [0.4, 0.5) is 0 Å². The standard InChI is InChI=1S/C11H15NOS/c1-4-11(2,12)8-7-9-5-6-10(13-3)14-9/h5-6H,4,12H2,1-3H3. The van der Waals surface area contributed by atoms with E-state index >= 15 is 0 Å². The Bertz CT molecular complexity index is 357. The largest absolute Gasteiger partial charge is 0.487 e. The molecule has 0 aromatic carbocycles. The lowest BCUT2D eigenvalue weighted by Gasteiger charge is -2.13. The molecule has 0 bridgehead atoms. The maximum Gasteiger partial charge on any atom is 0.174 e. The van der Waals surface area contributed by atoms with Crippen LogP contribution in [0.2, 0.25) is 0 Å². The van der Waals surface area contributed by atoms with Crippen LogP contribution in [0.3, 0.4) is 0 Å². The van der Waals surface area contributed by atoms with Crippen LogP contribution < -0.4 is 10.5 Å². The van der Waals surface area contributed by atoms with Crippen molar-refractivity contribution in [2.75, 3.05) is 7.11 Å². The van der Waals surface area contributed by atoms with Crippen molar-refractivity contribution >= 4 is 11.3 Å². The van der Waals surface area contributed by atoms with E-state index < -0.39 is 5.54 Å². The quantitative estimate of drug-likeness (QED) is 0.758. The average Bonchev–Trinajstić information content (AvgIpc) is 2.63. The molecule has 1 aromatic heterocycles. The van der Waals surface area contributed by atoms with Crippen molar-refractivity contribution in [3.63, 3.8) is 0 Å². The first kappa shape index (κ1) is 11.1. The molecule has 0 amide bonds. The molecule has 0 saturated heterocycles. The van der Waals surface area contributed by atoms with E-state index in [1.54, 1.807) is 7.11 Å². The molecule has 0 radical (unpaired) electrons. The molecule has 1 unspecified atom stereocenters. The molecule has 1 atom stereocenters. The summed E-state index contributed by atoms with van der Waals surface area (Å²) in [7, 11) is 1.65. The molecule has 1 heterocycles. The van der Waals surface area contributed by atoms with Gasteiger partial charge in [-0.25, -0.2) is 0 Å². The van der Waals surface area contributed by atoms with E-state index in [1.807, 2.05) is 26.0 Å². The smallest absolute Gasteiger partial charge is 0.174 e. The fourth-order valence-corrected chi connectivity index (χ4v) is 1.46. The van der Waals surface area contributed by atoms with Crippen molar-refractivity contribution in [3.05, 3.63) is 17.0 Å². The third-order valence-corrected chi connectivity index (χ3v) is 2.95. The van der Waals surface area contributed by atoms with Crippen LogP contribution in [0.15, 0.2) is 12.1 Å². The summed E-state index contributed by atoms with van der Waals surface area (Å²) in [6, 6.07) is 3.86. The van der Waals surface area contributed by atoms with Gasteiger partial charge in [-0.15, -0.1) is 0 Å². The highest BCUT2D eigenvalue weighted by atomic mass is 32.1. The van der Waals surface area contributed by atoms with E-state index in [9.17, 15) is 0 Å². The van der Waals surface area contributed by atoms with E-state index in [2.05, 4.69) is 11.8 Å². The van der Waals surface area contributed by atoms with E-state index in [-0.39, 0.29) is 0 Å². The molecule has 2 N–H and O–H groups in total. The molecule has 0 fully saturated rings. The minimum atomic E-state index is -0.392. The maximum atomic E-state index is 5.90. The predicted octanol–water partition coefficient (Wildman–Crippen LogP) is 2.24. The van der Waals surface area contributed by atoms with E-state index in [1.165, 1.54) is 11.3 Å². The molecule has 1 rings (SSSR count). The van der Waals surface area contributed by atoms with Gasteiger partial charge in [-0.1, -0.05) is 30.1 Å². The van der Waals surface area contributed by atoms with Crippen LogP contribution in [-0.2, 0) is 0 Å². The normalized spacial score (nSPS) is 14.0. The molecule has 0 aliphatic rings. The summed E-state index contributed by atoms with van der Waals surface area (Å²) in [6.45, 7) is 3.97. The summed E-state index contributed by atoms with van der Waals surface area (Å²) in [5.74, 6) is 6.10. The van der Waals surface area contributed by atoms with Crippen molar-refractivity contribution in [2.24, 2.45) is 5.73 Å². The number of ether oxygens (including phenoxy) is 1. The summed E-state index contributed by atoms with van der Waals surface area (Å²) < 4.78 is 5.07. The van der Waals surface area contributed by atoms with Gasteiger partial charge in [-0.05, 0) is 25.5 Å². The second-order valence-electron chi connectivity index (χ2n) is 3.34. The van der Waals surface area contributed by atoms with Crippen LogP contribution in [0.1, 0.15) is 25.1 Å². The maximum absolute atomic E-state index is 5.90. The van der Waals surface area contributed by atoms with Gasteiger partial charge in [0.05, 0.1) is 17.5 Å². The molecule has 0 spiro atoms.